The maximum absolute atomic E-state index is 12.6. The van der Waals surface area contributed by atoms with Crippen molar-refractivity contribution in [2.24, 2.45) is 5.10 Å². The van der Waals surface area contributed by atoms with E-state index in [1.54, 1.807) is 60.7 Å². The molecular weight excluding hydrogens is 484 g/mol. The van der Waals surface area contributed by atoms with E-state index in [4.69, 9.17) is 11.6 Å². The van der Waals surface area contributed by atoms with E-state index < -0.39 is 17.7 Å². The van der Waals surface area contributed by atoms with Crippen LogP contribution in [0.25, 0.3) is 0 Å². The number of nitrogens with one attached hydrogen (secondary N) is 3. The van der Waals surface area contributed by atoms with Crippen molar-refractivity contribution in [1.82, 2.24) is 5.43 Å². The van der Waals surface area contributed by atoms with Gasteiger partial charge in [0.25, 0.3) is 5.91 Å². The summed E-state index contributed by atoms with van der Waals surface area (Å²) in [7, 11) is 0. The Morgan fingerprint density at radius 2 is 1.52 bits per heavy atom. The molecule has 0 unspecified atom stereocenters. The molecule has 3 rings (SSSR count). The van der Waals surface area contributed by atoms with Gasteiger partial charge in [-0.25, -0.2) is 5.43 Å². The largest absolute Gasteiger partial charge is 0.329 e. The third-order valence-electron chi connectivity index (χ3n) is 4.00. The number of para-hydroxylation sites is 1. The first kappa shape index (κ1) is 22.2. The van der Waals surface area contributed by atoms with Gasteiger partial charge in [0.15, 0.2) is 0 Å². The average Bonchev–Trinajstić information content (AvgIpc) is 2.77. The molecule has 156 valence electrons. The second kappa shape index (κ2) is 10.5. The van der Waals surface area contributed by atoms with Gasteiger partial charge in [0.1, 0.15) is 0 Å². The third-order valence-corrected chi connectivity index (χ3v) is 4.88. The molecule has 0 bridgehead atoms. The Morgan fingerprint density at radius 3 is 2.26 bits per heavy atom. The summed E-state index contributed by atoms with van der Waals surface area (Å²) < 4.78 is 0.876. The highest BCUT2D eigenvalue weighted by Gasteiger charge is 2.17. The molecule has 7 nitrogen and oxygen atoms in total. The summed E-state index contributed by atoms with van der Waals surface area (Å²) in [5.41, 5.74) is 3.68. The lowest BCUT2D eigenvalue weighted by molar-refractivity contribution is -0.136. The molecule has 3 N–H and O–H groups in total. The Balaban J connectivity index is 1.64. The van der Waals surface area contributed by atoms with Crippen LogP contribution in [0, 0.1) is 0 Å². The predicted molar refractivity (Wildman–Crippen MR) is 124 cm³/mol. The standard InChI is InChI=1S/C22H16BrClN4O3/c23-15-9-11-16(12-10-15)26-20(29)17-6-2-4-8-19(17)27-21(30)22(31)28-25-13-14-5-1-3-7-18(14)24/h1-13H,(H,26,29)(H,27,30)(H,28,31)/b25-13+. The van der Waals surface area contributed by atoms with Crippen molar-refractivity contribution < 1.29 is 14.4 Å². The molecule has 0 aliphatic rings. The topological polar surface area (TPSA) is 99.7 Å². The van der Waals surface area contributed by atoms with Gasteiger partial charge in [-0.2, -0.15) is 5.10 Å². The maximum Gasteiger partial charge on any atom is 0.329 e. The van der Waals surface area contributed by atoms with Crippen molar-refractivity contribution in [2.45, 2.75) is 0 Å². The van der Waals surface area contributed by atoms with Crippen molar-refractivity contribution in [3.63, 3.8) is 0 Å². The zero-order valence-electron chi connectivity index (χ0n) is 15.9. The second-order valence-electron chi connectivity index (χ2n) is 6.18. The van der Waals surface area contributed by atoms with Crippen LogP contribution in [0.15, 0.2) is 82.4 Å². The minimum atomic E-state index is -0.994. The summed E-state index contributed by atoms with van der Waals surface area (Å²) in [6.45, 7) is 0. The van der Waals surface area contributed by atoms with E-state index in [2.05, 4.69) is 37.1 Å². The number of nitrogens with zero attached hydrogens (tertiary/aromatic N) is 1. The Morgan fingerprint density at radius 1 is 0.839 bits per heavy atom. The summed E-state index contributed by atoms with van der Waals surface area (Å²) >= 11 is 9.33. The van der Waals surface area contributed by atoms with Crippen LogP contribution in [0.1, 0.15) is 15.9 Å². The molecule has 9 heteroatoms. The predicted octanol–water partition coefficient (Wildman–Crippen LogP) is 4.44. The first-order valence-corrected chi connectivity index (χ1v) is 10.2. The molecule has 0 heterocycles. The van der Waals surface area contributed by atoms with Crippen LogP contribution in [0.4, 0.5) is 11.4 Å². The molecule has 0 aliphatic heterocycles. The summed E-state index contributed by atoms with van der Waals surface area (Å²) in [5.74, 6) is -2.40. The summed E-state index contributed by atoms with van der Waals surface area (Å²) in [6, 6.07) is 20.3. The van der Waals surface area contributed by atoms with E-state index >= 15 is 0 Å². The van der Waals surface area contributed by atoms with Crippen LogP contribution in [-0.2, 0) is 9.59 Å². The number of anilines is 2. The van der Waals surface area contributed by atoms with Crippen LogP contribution in [0.2, 0.25) is 5.02 Å². The van der Waals surface area contributed by atoms with E-state index in [-0.39, 0.29) is 11.3 Å². The van der Waals surface area contributed by atoms with Gasteiger partial charge in [-0.05, 0) is 42.5 Å². The second-order valence-corrected chi connectivity index (χ2v) is 7.50. The smallest absolute Gasteiger partial charge is 0.322 e. The summed E-state index contributed by atoms with van der Waals surface area (Å²) in [4.78, 5) is 36.9. The number of carbonyl (C=O) groups is 3. The van der Waals surface area contributed by atoms with Crippen molar-refractivity contribution >= 4 is 62.8 Å². The number of benzene rings is 3. The molecule has 0 aliphatic carbocycles. The van der Waals surface area contributed by atoms with Crippen molar-refractivity contribution in [3.8, 4) is 0 Å². The quantitative estimate of drug-likeness (QED) is 0.275. The summed E-state index contributed by atoms with van der Waals surface area (Å²) in [5, 5.41) is 9.35. The SMILES string of the molecule is O=C(N/N=C/c1ccccc1Cl)C(=O)Nc1ccccc1C(=O)Nc1ccc(Br)cc1. The summed E-state index contributed by atoms with van der Waals surface area (Å²) in [6.07, 6.45) is 1.33. The number of hydrogen-bond donors (Lipinski definition) is 3. The van der Waals surface area contributed by atoms with Crippen LogP contribution >= 0.6 is 27.5 Å². The third kappa shape index (κ3) is 6.24. The number of amides is 3. The number of carbonyl (C=O) groups excluding carboxylic acids is 3. The van der Waals surface area contributed by atoms with Gasteiger partial charge < -0.3 is 10.6 Å². The van der Waals surface area contributed by atoms with Crippen LogP contribution in [0.5, 0.6) is 0 Å². The van der Waals surface area contributed by atoms with Crippen molar-refractivity contribution in [1.29, 1.82) is 0 Å². The highest BCUT2D eigenvalue weighted by Crippen LogP contribution is 2.19. The Labute approximate surface area is 191 Å². The zero-order valence-corrected chi connectivity index (χ0v) is 18.3. The number of hydrazone groups is 1. The molecule has 0 saturated heterocycles. The number of halogens is 2. The zero-order chi connectivity index (χ0) is 22.2. The van der Waals surface area contributed by atoms with Gasteiger partial charge in [-0.1, -0.05) is 57.9 Å². The van der Waals surface area contributed by atoms with Crippen LogP contribution in [0.3, 0.4) is 0 Å². The normalized spacial score (nSPS) is 10.5. The molecule has 0 aromatic heterocycles. The Hall–Kier alpha value is -3.49. The van der Waals surface area contributed by atoms with Crippen LogP contribution < -0.4 is 16.1 Å². The molecule has 0 spiro atoms. The van der Waals surface area contributed by atoms with Crippen molar-refractivity contribution in [3.05, 3.63) is 93.4 Å². The van der Waals surface area contributed by atoms with Gasteiger partial charge in [-0.15, -0.1) is 0 Å². The van der Waals surface area contributed by atoms with E-state index in [1.165, 1.54) is 18.3 Å². The lowest BCUT2D eigenvalue weighted by Gasteiger charge is -2.11. The molecule has 31 heavy (non-hydrogen) atoms. The molecule has 0 radical (unpaired) electrons. The lowest BCUT2D eigenvalue weighted by atomic mass is 10.1. The fourth-order valence-corrected chi connectivity index (χ4v) is 2.94. The highest BCUT2D eigenvalue weighted by atomic mass is 79.9. The molecule has 3 amide bonds. The average molecular weight is 500 g/mol. The minimum Gasteiger partial charge on any atom is -0.322 e. The van der Waals surface area contributed by atoms with E-state index in [1.807, 2.05) is 0 Å². The molecule has 0 fully saturated rings. The minimum absolute atomic E-state index is 0.187. The fourth-order valence-electron chi connectivity index (χ4n) is 2.49. The molecule has 3 aromatic rings. The number of rotatable bonds is 5. The van der Waals surface area contributed by atoms with E-state index in [9.17, 15) is 14.4 Å². The lowest BCUT2D eigenvalue weighted by Crippen LogP contribution is -2.33. The number of hydrogen-bond acceptors (Lipinski definition) is 4. The van der Waals surface area contributed by atoms with E-state index in [0.29, 0.717) is 16.3 Å². The van der Waals surface area contributed by atoms with Crippen LogP contribution in [-0.4, -0.2) is 23.9 Å². The van der Waals surface area contributed by atoms with Gasteiger partial charge in [-0.3, -0.25) is 14.4 Å². The molecule has 0 atom stereocenters. The monoisotopic (exact) mass is 498 g/mol. The first-order chi connectivity index (χ1) is 14.9. The fraction of sp³-hybridized carbons (Fsp3) is 0. The van der Waals surface area contributed by atoms with Gasteiger partial charge in [0, 0.05) is 20.7 Å². The Kier molecular flexibility index (Phi) is 7.53. The first-order valence-electron chi connectivity index (χ1n) is 8.99. The molecule has 0 saturated carbocycles. The van der Waals surface area contributed by atoms with Crippen molar-refractivity contribution in [2.75, 3.05) is 10.6 Å². The Bertz CT molecular complexity index is 1150. The maximum atomic E-state index is 12.6. The van der Waals surface area contributed by atoms with Gasteiger partial charge in [0.05, 0.1) is 17.5 Å². The molecule has 3 aromatic carbocycles. The van der Waals surface area contributed by atoms with Gasteiger partial charge in [0.2, 0.25) is 0 Å². The van der Waals surface area contributed by atoms with Gasteiger partial charge >= 0.3 is 11.8 Å². The van der Waals surface area contributed by atoms with E-state index in [0.717, 1.165) is 4.47 Å². The highest BCUT2D eigenvalue weighted by molar-refractivity contribution is 9.10. The molecular formula is C22H16BrClN4O3.